The van der Waals surface area contributed by atoms with Gasteiger partial charge in [-0.25, -0.2) is 9.97 Å². The Morgan fingerprint density at radius 1 is 0.941 bits per heavy atom. The SMILES string of the molecule is Cc1nc(N2CCCCC2)cc(N2CCN(C(=O)C3CC(=O)N(c4cccc(Br)c4)C3)CC2)n1. The molecule has 0 N–H and O–H groups in total. The van der Waals surface area contributed by atoms with Crippen LogP contribution in [-0.2, 0) is 9.59 Å². The van der Waals surface area contributed by atoms with Crippen LogP contribution in [0.1, 0.15) is 31.5 Å². The van der Waals surface area contributed by atoms with Crippen molar-refractivity contribution in [3.05, 3.63) is 40.6 Å². The Hall–Kier alpha value is -2.68. The maximum atomic E-state index is 13.2. The average Bonchev–Trinajstić information content (AvgIpc) is 3.25. The fourth-order valence-corrected chi connectivity index (χ4v) is 5.55. The summed E-state index contributed by atoms with van der Waals surface area (Å²) in [5, 5.41) is 0. The Labute approximate surface area is 209 Å². The number of piperazine rings is 1. The van der Waals surface area contributed by atoms with Gasteiger partial charge in [-0.1, -0.05) is 22.0 Å². The first-order chi connectivity index (χ1) is 16.5. The highest BCUT2D eigenvalue weighted by molar-refractivity contribution is 9.10. The molecule has 1 atom stereocenters. The van der Waals surface area contributed by atoms with Gasteiger partial charge in [-0.05, 0) is 44.4 Å². The van der Waals surface area contributed by atoms with Crippen molar-refractivity contribution in [1.82, 2.24) is 14.9 Å². The fraction of sp³-hybridized carbons (Fsp3) is 0.520. The Bertz CT molecular complexity index is 1070. The minimum Gasteiger partial charge on any atom is -0.356 e. The van der Waals surface area contributed by atoms with E-state index in [1.165, 1.54) is 19.3 Å². The quantitative estimate of drug-likeness (QED) is 0.608. The van der Waals surface area contributed by atoms with E-state index >= 15 is 0 Å². The number of aryl methyl sites for hydroxylation is 1. The lowest BCUT2D eigenvalue weighted by molar-refractivity contribution is -0.136. The molecule has 4 heterocycles. The Morgan fingerprint density at radius 3 is 2.29 bits per heavy atom. The van der Waals surface area contributed by atoms with Crippen LogP contribution in [0.15, 0.2) is 34.8 Å². The lowest BCUT2D eigenvalue weighted by atomic mass is 10.1. The van der Waals surface area contributed by atoms with Gasteiger partial charge in [0, 0.05) is 68.5 Å². The van der Waals surface area contributed by atoms with Crippen molar-refractivity contribution in [3.63, 3.8) is 0 Å². The molecule has 2 aromatic rings. The smallest absolute Gasteiger partial charge is 0.228 e. The number of rotatable bonds is 4. The number of carbonyl (C=O) groups is 2. The molecule has 9 heteroatoms. The van der Waals surface area contributed by atoms with Crippen LogP contribution in [0.5, 0.6) is 0 Å². The second-order valence-corrected chi connectivity index (χ2v) is 10.3. The first-order valence-electron chi connectivity index (χ1n) is 12.2. The van der Waals surface area contributed by atoms with Crippen LogP contribution < -0.4 is 14.7 Å². The molecule has 1 aromatic heterocycles. The molecule has 180 valence electrons. The first-order valence-corrected chi connectivity index (χ1v) is 13.0. The van der Waals surface area contributed by atoms with E-state index in [1.807, 2.05) is 36.1 Å². The topological polar surface area (TPSA) is 72.9 Å². The van der Waals surface area contributed by atoms with Crippen molar-refractivity contribution in [2.24, 2.45) is 5.92 Å². The van der Waals surface area contributed by atoms with Crippen LogP contribution in [0, 0.1) is 12.8 Å². The number of nitrogens with zero attached hydrogens (tertiary/aromatic N) is 6. The van der Waals surface area contributed by atoms with Crippen LogP contribution in [0.4, 0.5) is 17.3 Å². The van der Waals surface area contributed by atoms with Gasteiger partial charge in [-0.15, -0.1) is 0 Å². The molecule has 0 spiro atoms. The maximum Gasteiger partial charge on any atom is 0.228 e. The summed E-state index contributed by atoms with van der Waals surface area (Å²) in [5.74, 6) is 2.55. The second kappa shape index (κ2) is 9.90. The summed E-state index contributed by atoms with van der Waals surface area (Å²) in [5.41, 5.74) is 0.836. The van der Waals surface area contributed by atoms with Crippen LogP contribution in [0.25, 0.3) is 0 Å². The summed E-state index contributed by atoms with van der Waals surface area (Å²) in [6.07, 6.45) is 3.98. The molecular formula is C25H31BrN6O2. The van der Waals surface area contributed by atoms with Gasteiger partial charge < -0.3 is 19.6 Å². The molecule has 8 nitrogen and oxygen atoms in total. The number of aromatic nitrogens is 2. The average molecular weight is 527 g/mol. The molecule has 3 saturated heterocycles. The summed E-state index contributed by atoms with van der Waals surface area (Å²) in [4.78, 5) is 43.5. The van der Waals surface area contributed by atoms with E-state index in [2.05, 4.69) is 41.8 Å². The van der Waals surface area contributed by atoms with Gasteiger partial charge in [-0.3, -0.25) is 9.59 Å². The second-order valence-electron chi connectivity index (χ2n) is 9.38. The first kappa shape index (κ1) is 23.1. The predicted molar refractivity (Wildman–Crippen MR) is 136 cm³/mol. The van der Waals surface area contributed by atoms with Crippen molar-refractivity contribution >= 4 is 45.1 Å². The van der Waals surface area contributed by atoms with E-state index in [9.17, 15) is 9.59 Å². The van der Waals surface area contributed by atoms with Crippen molar-refractivity contribution in [1.29, 1.82) is 0 Å². The zero-order chi connectivity index (χ0) is 23.7. The van der Waals surface area contributed by atoms with E-state index in [0.29, 0.717) is 19.6 Å². The van der Waals surface area contributed by atoms with Gasteiger partial charge in [0.2, 0.25) is 11.8 Å². The molecule has 3 aliphatic heterocycles. The summed E-state index contributed by atoms with van der Waals surface area (Å²) in [7, 11) is 0. The predicted octanol–water partition coefficient (Wildman–Crippen LogP) is 3.24. The molecular weight excluding hydrogens is 496 g/mol. The minimum atomic E-state index is -0.287. The molecule has 2 amide bonds. The number of anilines is 3. The van der Waals surface area contributed by atoms with E-state index in [-0.39, 0.29) is 24.2 Å². The highest BCUT2D eigenvalue weighted by Gasteiger charge is 2.38. The lowest BCUT2D eigenvalue weighted by Crippen LogP contribution is -2.51. The molecule has 0 aliphatic carbocycles. The molecule has 34 heavy (non-hydrogen) atoms. The fourth-order valence-electron chi connectivity index (χ4n) is 5.16. The zero-order valence-corrected chi connectivity index (χ0v) is 21.2. The van der Waals surface area contributed by atoms with Crippen LogP contribution in [-0.4, -0.2) is 72.5 Å². The zero-order valence-electron chi connectivity index (χ0n) is 19.6. The Morgan fingerprint density at radius 2 is 1.62 bits per heavy atom. The van der Waals surface area contributed by atoms with Gasteiger partial charge in [0.15, 0.2) is 0 Å². The third-order valence-corrected chi connectivity index (χ3v) is 7.49. The highest BCUT2D eigenvalue weighted by Crippen LogP contribution is 2.29. The monoisotopic (exact) mass is 526 g/mol. The van der Waals surface area contributed by atoms with Crippen molar-refractivity contribution in [2.45, 2.75) is 32.6 Å². The van der Waals surface area contributed by atoms with Crippen molar-refractivity contribution < 1.29 is 9.59 Å². The number of hydrogen-bond acceptors (Lipinski definition) is 6. The number of carbonyl (C=O) groups excluding carboxylic acids is 2. The molecule has 3 aliphatic rings. The molecule has 0 saturated carbocycles. The van der Waals surface area contributed by atoms with Crippen molar-refractivity contribution in [3.8, 4) is 0 Å². The highest BCUT2D eigenvalue weighted by atomic mass is 79.9. The molecule has 1 unspecified atom stereocenters. The number of amides is 2. The van der Waals surface area contributed by atoms with Gasteiger partial charge in [0.05, 0.1) is 5.92 Å². The van der Waals surface area contributed by atoms with Gasteiger partial charge >= 0.3 is 0 Å². The van der Waals surface area contributed by atoms with Crippen LogP contribution in [0.2, 0.25) is 0 Å². The van der Waals surface area contributed by atoms with Crippen LogP contribution in [0.3, 0.4) is 0 Å². The standard InChI is InChI=1S/C25H31BrN6O2/c1-18-27-22(29-8-3-2-4-9-29)16-23(28-18)30-10-12-31(13-11-30)25(34)19-14-24(33)32(17-19)21-7-5-6-20(26)15-21/h5-7,15-16,19H,2-4,8-14,17H2,1H3. The maximum absolute atomic E-state index is 13.2. The third kappa shape index (κ3) is 4.89. The number of hydrogen-bond donors (Lipinski definition) is 0. The Balaban J connectivity index is 1.20. The molecule has 1 aromatic carbocycles. The van der Waals surface area contributed by atoms with Gasteiger partial charge in [-0.2, -0.15) is 0 Å². The summed E-state index contributed by atoms with van der Waals surface area (Å²) < 4.78 is 0.923. The van der Waals surface area contributed by atoms with E-state index in [1.54, 1.807) is 4.90 Å². The summed E-state index contributed by atoms with van der Waals surface area (Å²) >= 11 is 3.46. The molecule has 5 rings (SSSR count). The molecule has 0 bridgehead atoms. The minimum absolute atomic E-state index is 0.0109. The Kier molecular flexibility index (Phi) is 6.72. The normalized spacial score (nSPS) is 21.4. The van der Waals surface area contributed by atoms with Gasteiger partial charge in [0.1, 0.15) is 17.5 Å². The number of benzene rings is 1. The van der Waals surface area contributed by atoms with Crippen molar-refractivity contribution in [2.75, 3.05) is 60.5 Å². The summed E-state index contributed by atoms with van der Waals surface area (Å²) in [6.45, 7) is 7.24. The van der Waals surface area contributed by atoms with E-state index in [0.717, 1.165) is 53.8 Å². The number of halogens is 1. The van der Waals surface area contributed by atoms with Crippen LogP contribution >= 0.6 is 15.9 Å². The number of piperidine rings is 1. The molecule has 3 fully saturated rings. The lowest BCUT2D eigenvalue weighted by Gasteiger charge is -2.37. The summed E-state index contributed by atoms with van der Waals surface area (Å²) in [6, 6.07) is 9.77. The largest absolute Gasteiger partial charge is 0.356 e. The molecule has 0 radical (unpaired) electrons. The van der Waals surface area contributed by atoms with E-state index in [4.69, 9.17) is 0 Å². The van der Waals surface area contributed by atoms with E-state index < -0.39 is 0 Å². The third-order valence-electron chi connectivity index (χ3n) is 7.00. The van der Waals surface area contributed by atoms with Gasteiger partial charge in [0.25, 0.3) is 0 Å².